The second-order valence-corrected chi connectivity index (χ2v) is 4.57. The Morgan fingerprint density at radius 3 is 2.68 bits per heavy atom. The van der Waals surface area contributed by atoms with Gasteiger partial charge in [-0.15, -0.1) is 0 Å². The van der Waals surface area contributed by atoms with Crippen LogP contribution in [0.25, 0.3) is 22.4 Å². The van der Waals surface area contributed by atoms with Crippen LogP contribution in [0.5, 0.6) is 0 Å². The molecule has 0 unspecified atom stereocenters. The molecular formula is C15H16N4. The third-order valence-electron chi connectivity index (χ3n) is 3.19. The normalized spacial score (nSPS) is 11.1. The summed E-state index contributed by atoms with van der Waals surface area (Å²) < 4.78 is 0. The molecule has 4 heteroatoms. The third-order valence-corrected chi connectivity index (χ3v) is 3.19. The molecule has 1 aromatic carbocycles. The molecule has 0 spiro atoms. The molecule has 3 aromatic rings. The molecule has 0 atom stereocenters. The molecule has 19 heavy (non-hydrogen) atoms. The SMILES string of the molecule is CNCc1c[nH]c2nc(-c3ccccc3)nc(C)c12. The van der Waals surface area contributed by atoms with Crippen molar-refractivity contribution in [1.82, 2.24) is 20.3 Å². The number of nitrogens with one attached hydrogen (secondary N) is 2. The van der Waals surface area contributed by atoms with E-state index in [0.717, 1.165) is 34.7 Å². The number of aromatic nitrogens is 3. The van der Waals surface area contributed by atoms with E-state index >= 15 is 0 Å². The molecular weight excluding hydrogens is 236 g/mol. The zero-order chi connectivity index (χ0) is 13.2. The number of hydrogen-bond acceptors (Lipinski definition) is 3. The molecule has 0 aliphatic rings. The summed E-state index contributed by atoms with van der Waals surface area (Å²) in [6.07, 6.45) is 2.00. The highest BCUT2D eigenvalue weighted by Crippen LogP contribution is 2.23. The fourth-order valence-corrected chi connectivity index (χ4v) is 2.34. The van der Waals surface area contributed by atoms with Gasteiger partial charge in [-0.05, 0) is 19.5 Å². The first-order valence-electron chi connectivity index (χ1n) is 6.34. The molecule has 96 valence electrons. The van der Waals surface area contributed by atoms with Crippen LogP contribution in [0, 0.1) is 6.92 Å². The van der Waals surface area contributed by atoms with Crippen LogP contribution in [0.15, 0.2) is 36.5 Å². The van der Waals surface area contributed by atoms with Crippen molar-refractivity contribution in [2.75, 3.05) is 7.05 Å². The van der Waals surface area contributed by atoms with Crippen LogP contribution < -0.4 is 5.32 Å². The van der Waals surface area contributed by atoms with Crippen LogP contribution in [0.4, 0.5) is 0 Å². The molecule has 4 nitrogen and oxygen atoms in total. The van der Waals surface area contributed by atoms with Crippen LogP contribution in [-0.2, 0) is 6.54 Å². The summed E-state index contributed by atoms with van der Waals surface area (Å²) in [5, 5.41) is 4.28. The fraction of sp³-hybridized carbons (Fsp3) is 0.200. The molecule has 0 fully saturated rings. The zero-order valence-corrected chi connectivity index (χ0v) is 11.1. The molecule has 0 radical (unpaired) electrons. The molecule has 2 N–H and O–H groups in total. The molecule has 2 heterocycles. The van der Waals surface area contributed by atoms with E-state index in [1.807, 2.05) is 50.5 Å². The van der Waals surface area contributed by atoms with E-state index in [4.69, 9.17) is 0 Å². The molecule has 0 saturated heterocycles. The van der Waals surface area contributed by atoms with E-state index in [1.54, 1.807) is 0 Å². The van der Waals surface area contributed by atoms with E-state index in [9.17, 15) is 0 Å². The van der Waals surface area contributed by atoms with Gasteiger partial charge in [0.15, 0.2) is 5.82 Å². The van der Waals surface area contributed by atoms with Crippen LogP contribution in [-0.4, -0.2) is 22.0 Å². The van der Waals surface area contributed by atoms with Gasteiger partial charge >= 0.3 is 0 Å². The summed E-state index contributed by atoms with van der Waals surface area (Å²) >= 11 is 0. The lowest BCUT2D eigenvalue weighted by Crippen LogP contribution is -2.05. The van der Waals surface area contributed by atoms with Gasteiger partial charge in [-0.25, -0.2) is 9.97 Å². The Kier molecular flexibility index (Phi) is 3.01. The Labute approximate surface area is 111 Å². The topological polar surface area (TPSA) is 53.6 Å². The van der Waals surface area contributed by atoms with Gasteiger partial charge in [0, 0.05) is 23.7 Å². The summed E-state index contributed by atoms with van der Waals surface area (Å²) in [6, 6.07) is 10.0. The predicted octanol–water partition coefficient (Wildman–Crippen LogP) is 2.65. The number of rotatable bonds is 3. The van der Waals surface area contributed by atoms with Gasteiger partial charge < -0.3 is 10.3 Å². The highest BCUT2D eigenvalue weighted by molar-refractivity contribution is 5.83. The number of H-pyrrole nitrogens is 1. The number of nitrogens with zero attached hydrogens (tertiary/aromatic N) is 2. The Morgan fingerprint density at radius 1 is 1.16 bits per heavy atom. The number of aromatic amines is 1. The summed E-state index contributed by atoms with van der Waals surface area (Å²) in [7, 11) is 1.94. The molecule has 0 aliphatic carbocycles. The minimum atomic E-state index is 0.767. The Balaban J connectivity index is 2.16. The number of hydrogen-bond donors (Lipinski definition) is 2. The van der Waals surface area contributed by atoms with Crippen molar-refractivity contribution in [2.45, 2.75) is 13.5 Å². The molecule has 0 amide bonds. The third kappa shape index (κ3) is 2.11. The van der Waals surface area contributed by atoms with Crippen molar-refractivity contribution in [1.29, 1.82) is 0 Å². The van der Waals surface area contributed by atoms with Gasteiger partial charge in [-0.3, -0.25) is 0 Å². The van der Waals surface area contributed by atoms with Crippen LogP contribution in [0.3, 0.4) is 0 Å². The van der Waals surface area contributed by atoms with Crippen molar-refractivity contribution < 1.29 is 0 Å². The Hall–Kier alpha value is -2.20. The average Bonchev–Trinajstić information content (AvgIpc) is 2.84. The van der Waals surface area contributed by atoms with Crippen molar-refractivity contribution in [3.63, 3.8) is 0 Å². The van der Waals surface area contributed by atoms with Gasteiger partial charge in [0.1, 0.15) is 5.65 Å². The lowest BCUT2D eigenvalue weighted by Gasteiger charge is -2.04. The van der Waals surface area contributed by atoms with E-state index in [1.165, 1.54) is 5.56 Å². The van der Waals surface area contributed by atoms with Gasteiger partial charge in [0.2, 0.25) is 0 Å². The van der Waals surface area contributed by atoms with Gasteiger partial charge in [-0.1, -0.05) is 30.3 Å². The van der Waals surface area contributed by atoms with E-state index < -0.39 is 0 Å². The fourth-order valence-electron chi connectivity index (χ4n) is 2.34. The largest absolute Gasteiger partial charge is 0.346 e. The zero-order valence-electron chi connectivity index (χ0n) is 11.1. The number of aryl methyl sites for hydroxylation is 1. The molecule has 0 bridgehead atoms. The second kappa shape index (κ2) is 4.82. The van der Waals surface area contributed by atoms with Crippen LogP contribution >= 0.6 is 0 Å². The van der Waals surface area contributed by atoms with Crippen molar-refractivity contribution in [2.24, 2.45) is 0 Å². The highest BCUT2D eigenvalue weighted by atomic mass is 15.0. The summed E-state index contributed by atoms with van der Waals surface area (Å²) in [5.74, 6) is 0.767. The minimum absolute atomic E-state index is 0.767. The number of fused-ring (bicyclic) bond motifs is 1. The average molecular weight is 252 g/mol. The lowest BCUT2D eigenvalue weighted by molar-refractivity contribution is 0.822. The van der Waals surface area contributed by atoms with Crippen molar-refractivity contribution in [3.8, 4) is 11.4 Å². The second-order valence-electron chi connectivity index (χ2n) is 4.57. The standard InChI is InChI=1S/C15H16N4/c1-10-13-12(8-16-2)9-17-15(13)19-14(18-10)11-6-4-3-5-7-11/h3-7,9,16H,8H2,1-2H3,(H,17,18,19). The summed E-state index contributed by atoms with van der Waals surface area (Å²) in [4.78, 5) is 12.5. The minimum Gasteiger partial charge on any atom is -0.346 e. The number of benzene rings is 1. The first-order chi connectivity index (χ1) is 9.29. The van der Waals surface area contributed by atoms with E-state index in [0.29, 0.717) is 0 Å². The monoisotopic (exact) mass is 252 g/mol. The van der Waals surface area contributed by atoms with Gasteiger partial charge in [-0.2, -0.15) is 0 Å². The highest BCUT2D eigenvalue weighted by Gasteiger charge is 2.11. The summed E-state index contributed by atoms with van der Waals surface area (Å²) in [5.41, 5.74) is 4.15. The maximum Gasteiger partial charge on any atom is 0.161 e. The van der Waals surface area contributed by atoms with Crippen LogP contribution in [0.1, 0.15) is 11.3 Å². The maximum absolute atomic E-state index is 4.63. The maximum atomic E-state index is 4.63. The first kappa shape index (κ1) is 11.9. The van der Waals surface area contributed by atoms with Crippen molar-refractivity contribution >= 4 is 11.0 Å². The molecule has 3 rings (SSSR count). The Bertz CT molecular complexity index is 701. The molecule has 0 aliphatic heterocycles. The van der Waals surface area contributed by atoms with Gasteiger partial charge in [0.05, 0.1) is 5.69 Å². The van der Waals surface area contributed by atoms with Crippen molar-refractivity contribution in [3.05, 3.63) is 47.8 Å². The molecule has 0 saturated carbocycles. The van der Waals surface area contributed by atoms with Gasteiger partial charge in [0.25, 0.3) is 0 Å². The van der Waals surface area contributed by atoms with Crippen LogP contribution in [0.2, 0.25) is 0 Å². The van der Waals surface area contributed by atoms with E-state index in [2.05, 4.69) is 20.3 Å². The smallest absolute Gasteiger partial charge is 0.161 e. The lowest BCUT2D eigenvalue weighted by atomic mass is 10.1. The molecule has 2 aromatic heterocycles. The quantitative estimate of drug-likeness (QED) is 0.753. The Morgan fingerprint density at radius 2 is 1.95 bits per heavy atom. The van der Waals surface area contributed by atoms with E-state index in [-0.39, 0.29) is 0 Å². The summed E-state index contributed by atoms with van der Waals surface area (Å²) in [6.45, 7) is 2.85. The predicted molar refractivity (Wildman–Crippen MR) is 76.8 cm³/mol. The first-order valence-corrected chi connectivity index (χ1v) is 6.34.